The predicted octanol–water partition coefficient (Wildman–Crippen LogP) is 5.31. The van der Waals surface area contributed by atoms with Crippen molar-refractivity contribution in [2.24, 2.45) is 0 Å². The summed E-state index contributed by atoms with van der Waals surface area (Å²) in [4.78, 5) is 0. The minimum absolute atomic E-state index is 0.662. The van der Waals surface area contributed by atoms with Crippen molar-refractivity contribution in [3.05, 3.63) is 64.0 Å². The first kappa shape index (κ1) is 16.0. The Morgan fingerprint density at radius 2 is 1.78 bits per heavy atom. The summed E-state index contributed by atoms with van der Waals surface area (Å²) in [5.41, 5.74) is 6.09. The van der Waals surface area contributed by atoms with E-state index in [4.69, 9.17) is 12.2 Å². The quantitative estimate of drug-likeness (QED) is 0.632. The molecule has 2 nitrogen and oxygen atoms in total. The maximum Gasteiger partial charge on any atom is 0.171 e. The summed E-state index contributed by atoms with van der Waals surface area (Å²) in [5.74, 6) is 0. The summed E-state index contributed by atoms with van der Waals surface area (Å²) >= 11 is 7.24. The molecule has 0 unspecified atom stereocenters. The number of thiophene rings is 1. The minimum Gasteiger partial charge on any atom is -0.358 e. The van der Waals surface area contributed by atoms with Gasteiger partial charge in [0.15, 0.2) is 5.11 Å². The van der Waals surface area contributed by atoms with E-state index in [-0.39, 0.29) is 0 Å². The van der Waals surface area contributed by atoms with Gasteiger partial charge >= 0.3 is 0 Å². The van der Waals surface area contributed by atoms with E-state index in [1.165, 1.54) is 32.3 Å². The molecule has 3 aromatic rings. The van der Waals surface area contributed by atoms with E-state index in [2.05, 4.69) is 73.2 Å². The van der Waals surface area contributed by atoms with E-state index in [0.29, 0.717) is 5.11 Å². The molecule has 118 valence electrons. The first-order valence-corrected chi connectivity index (χ1v) is 8.91. The molecule has 0 radical (unpaired) electrons. The maximum atomic E-state index is 5.47. The third-order valence-electron chi connectivity index (χ3n) is 3.92. The van der Waals surface area contributed by atoms with E-state index in [1.807, 2.05) is 0 Å². The number of anilines is 1. The van der Waals surface area contributed by atoms with Crippen LogP contribution in [0.2, 0.25) is 0 Å². The number of rotatable bonds is 3. The van der Waals surface area contributed by atoms with E-state index in [1.54, 1.807) is 11.3 Å². The molecule has 0 amide bonds. The van der Waals surface area contributed by atoms with Crippen LogP contribution >= 0.6 is 23.6 Å². The molecule has 0 saturated carbocycles. The molecular formula is C19H20N2S2. The highest BCUT2D eigenvalue weighted by molar-refractivity contribution is 7.80. The fraction of sp³-hybridized carbons (Fsp3) is 0.211. The second kappa shape index (κ2) is 6.69. The average molecular weight is 341 g/mol. The van der Waals surface area contributed by atoms with Gasteiger partial charge in [0, 0.05) is 16.9 Å². The van der Waals surface area contributed by atoms with Crippen molar-refractivity contribution in [2.75, 3.05) is 5.32 Å². The number of aryl methyl sites for hydroxylation is 3. The normalized spacial score (nSPS) is 10.7. The van der Waals surface area contributed by atoms with Gasteiger partial charge in [0.25, 0.3) is 0 Å². The van der Waals surface area contributed by atoms with Gasteiger partial charge in [0.2, 0.25) is 0 Å². The molecule has 0 bridgehead atoms. The van der Waals surface area contributed by atoms with Gasteiger partial charge in [0.05, 0.1) is 0 Å². The van der Waals surface area contributed by atoms with Gasteiger partial charge in [0.1, 0.15) is 0 Å². The highest BCUT2D eigenvalue weighted by atomic mass is 32.1. The van der Waals surface area contributed by atoms with E-state index in [0.717, 1.165) is 12.2 Å². The van der Waals surface area contributed by atoms with E-state index >= 15 is 0 Å². The molecule has 2 aromatic carbocycles. The standard InChI is InChI=1S/C19H20N2S2/c1-12-8-13(2)18(14(3)9-12)21-19(22)20-10-15-11-23-17-7-5-4-6-16(15)17/h4-9,11H,10H2,1-3H3,(H2,20,21,22). The number of nitrogens with one attached hydrogen (secondary N) is 2. The Hall–Kier alpha value is -1.91. The lowest BCUT2D eigenvalue weighted by molar-refractivity contribution is 0.938. The van der Waals surface area contributed by atoms with E-state index < -0.39 is 0 Å². The lowest BCUT2D eigenvalue weighted by Gasteiger charge is -2.15. The number of benzene rings is 2. The Bertz CT molecular complexity index is 842. The zero-order valence-electron chi connectivity index (χ0n) is 13.6. The third-order valence-corrected chi connectivity index (χ3v) is 5.17. The lowest BCUT2D eigenvalue weighted by atomic mass is 10.1. The van der Waals surface area contributed by atoms with Crippen molar-refractivity contribution < 1.29 is 0 Å². The summed E-state index contributed by atoms with van der Waals surface area (Å²) in [6.45, 7) is 7.07. The molecular weight excluding hydrogens is 320 g/mol. The summed E-state index contributed by atoms with van der Waals surface area (Å²) in [5, 5.41) is 10.8. The van der Waals surface area contributed by atoms with Crippen molar-refractivity contribution >= 4 is 44.4 Å². The van der Waals surface area contributed by atoms with Crippen LogP contribution in [0.15, 0.2) is 41.8 Å². The monoisotopic (exact) mass is 340 g/mol. The molecule has 0 spiro atoms. The Kier molecular flexibility index (Phi) is 4.64. The average Bonchev–Trinajstić information content (AvgIpc) is 2.92. The van der Waals surface area contributed by atoms with Crippen LogP contribution in [0, 0.1) is 20.8 Å². The summed E-state index contributed by atoms with van der Waals surface area (Å²) < 4.78 is 1.31. The Balaban J connectivity index is 1.69. The zero-order chi connectivity index (χ0) is 16.4. The molecule has 23 heavy (non-hydrogen) atoms. The summed E-state index contributed by atoms with van der Waals surface area (Å²) in [7, 11) is 0. The molecule has 0 aliphatic heterocycles. The second-order valence-electron chi connectivity index (χ2n) is 5.84. The molecule has 0 aliphatic rings. The Morgan fingerprint density at radius 3 is 2.52 bits per heavy atom. The SMILES string of the molecule is Cc1cc(C)c(NC(=S)NCc2csc3ccccc23)c(C)c1. The lowest BCUT2D eigenvalue weighted by Crippen LogP contribution is -2.28. The van der Waals surface area contributed by atoms with Crippen molar-refractivity contribution in [1.82, 2.24) is 5.32 Å². The molecule has 1 aromatic heterocycles. The number of thiocarbonyl (C=S) groups is 1. The van der Waals surface area contributed by atoms with Crippen LogP contribution < -0.4 is 10.6 Å². The largest absolute Gasteiger partial charge is 0.358 e. The molecule has 3 rings (SSSR count). The van der Waals surface area contributed by atoms with Crippen molar-refractivity contribution in [1.29, 1.82) is 0 Å². The van der Waals surface area contributed by atoms with Gasteiger partial charge in [-0.1, -0.05) is 35.9 Å². The molecule has 0 atom stereocenters. The molecule has 2 N–H and O–H groups in total. The Morgan fingerprint density at radius 1 is 1.09 bits per heavy atom. The van der Waals surface area contributed by atoms with Gasteiger partial charge in [-0.2, -0.15) is 0 Å². The summed E-state index contributed by atoms with van der Waals surface area (Å²) in [6.07, 6.45) is 0. The van der Waals surface area contributed by atoms with Crippen LogP contribution in [-0.4, -0.2) is 5.11 Å². The van der Waals surface area contributed by atoms with Crippen LogP contribution in [-0.2, 0) is 6.54 Å². The molecule has 0 saturated heterocycles. The summed E-state index contributed by atoms with van der Waals surface area (Å²) in [6, 6.07) is 12.8. The molecule has 4 heteroatoms. The fourth-order valence-corrected chi connectivity index (χ4v) is 4.02. The van der Waals surface area contributed by atoms with Gasteiger partial charge in [-0.15, -0.1) is 11.3 Å². The number of hydrogen-bond acceptors (Lipinski definition) is 2. The smallest absolute Gasteiger partial charge is 0.171 e. The van der Waals surface area contributed by atoms with Crippen LogP contribution in [0.5, 0.6) is 0 Å². The zero-order valence-corrected chi connectivity index (χ0v) is 15.2. The van der Waals surface area contributed by atoms with Crippen molar-refractivity contribution in [2.45, 2.75) is 27.3 Å². The number of hydrogen-bond donors (Lipinski definition) is 2. The highest BCUT2D eigenvalue weighted by Gasteiger charge is 2.07. The van der Waals surface area contributed by atoms with Gasteiger partial charge < -0.3 is 10.6 Å². The van der Waals surface area contributed by atoms with Crippen molar-refractivity contribution in [3.63, 3.8) is 0 Å². The van der Waals surface area contributed by atoms with Crippen LogP contribution in [0.1, 0.15) is 22.3 Å². The first-order chi connectivity index (χ1) is 11.0. The second-order valence-corrected chi connectivity index (χ2v) is 7.16. The topological polar surface area (TPSA) is 24.1 Å². The first-order valence-electron chi connectivity index (χ1n) is 7.62. The van der Waals surface area contributed by atoms with Gasteiger partial charge in [-0.3, -0.25) is 0 Å². The highest BCUT2D eigenvalue weighted by Crippen LogP contribution is 2.25. The van der Waals surface area contributed by atoms with Gasteiger partial charge in [-0.25, -0.2) is 0 Å². The van der Waals surface area contributed by atoms with E-state index in [9.17, 15) is 0 Å². The van der Waals surface area contributed by atoms with Crippen LogP contribution in [0.4, 0.5) is 5.69 Å². The maximum absolute atomic E-state index is 5.47. The number of fused-ring (bicyclic) bond motifs is 1. The Labute approximate surface area is 146 Å². The van der Waals surface area contributed by atoms with Gasteiger partial charge in [-0.05, 0) is 66.5 Å². The van der Waals surface area contributed by atoms with Crippen LogP contribution in [0.3, 0.4) is 0 Å². The predicted molar refractivity (Wildman–Crippen MR) is 106 cm³/mol. The molecule has 0 fully saturated rings. The molecule has 1 heterocycles. The molecule has 0 aliphatic carbocycles. The minimum atomic E-state index is 0.662. The third kappa shape index (κ3) is 3.54. The fourth-order valence-electron chi connectivity index (χ4n) is 2.88. The van der Waals surface area contributed by atoms with Crippen LogP contribution in [0.25, 0.3) is 10.1 Å². The van der Waals surface area contributed by atoms with Crippen molar-refractivity contribution in [3.8, 4) is 0 Å².